The van der Waals surface area contributed by atoms with Crippen molar-refractivity contribution in [2.45, 2.75) is 19.3 Å². The van der Waals surface area contributed by atoms with Gasteiger partial charge in [0.1, 0.15) is 0 Å². The third-order valence-electron chi connectivity index (χ3n) is 6.44. The SMILES string of the molecule is O=C(c1cnc2ccc(Cl)cc2c1N1CCN(c2cccc(Cl)c2)CC1)N1CCCCC1. The van der Waals surface area contributed by atoms with Gasteiger partial charge in [-0.15, -0.1) is 0 Å². The number of aromatic nitrogens is 1. The van der Waals surface area contributed by atoms with Gasteiger partial charge in [0.15, 0.2) is 0 Å². The van der Waals surface area contributed by atoms with E-state index in [0.29, 0.717) is 10.6 Å². The fourth-order valence-electron chi connectivity index (χ4n) is 4.78. The summed E-state index contributed by atoms with van der Waals surface area (Å²) in [7, 11) is 0. The molecule has 1 amide bonds. The second-order valence-electron chi connectivity index (χ2n) is 8.49. The lowest BCUT2D eigenvalue weighted by Gasteiger charge is -2.39. The van der Waals surface area contributed by atoms with Crippen molar-refractivity contribution < 1.29 is 4.79 Å². The monoisotopic (exact) mass is 468 g/mol. The third kappa shape index (κ3) is 4.24. The smallest absolute Gasteiger partial charge is 0.257 e. The molecule has 7 heteroatoms. The zero-order valence-corrected chi connectivity index (χ0v) is 19.4. The van der Waals surface area contributed by atoms with E-state index < -0.39 is 0 Å². The largest absolute Gasteiger partial charge is 0.368 e. The van der Waals surface area contributed by atoms with Crippen molar-refractivity contribution in [1.29, 1.82) is 0 Å². The summed E-state index contributed by atoms with van der Waals surface area (Å²) in [5.74, 6) is 0.0753. The second kappa shape index (κ2) is 9.16. The van der Waals surface area contributed by atoms with Gasteiger partial charge in [-0.25, -0.2) is 0 Å². The minimum atomic E-state index is 0.0753. The Hall–Kier alpha value is -2.50. The van der Waals surface area contributed by atoms with E-state index in [9.17, 15) is 4.79 Å². The number of piperazine rings is 1. The van der Waals surface area contributed by atoms with Crippen LogP contribution < -0.4 is 9.80 Å². The van der Waals surface area contributed by atoms with Crippen LogP contribution in [0.15, 0.2) is 48.7 Å². The van der Waals surface area contributed by atoms with E-state index in [1.165, 1.54) is 6.42 Å². The number of carbonyl (C=O) groups is 1. The maximum Gasteiger partial charge on any atom is 0.257 e. The molecule has 2 aliphatic rings. The molecule has 0 saturated carbocycles. The molecule has 2 aromatic carbocycles. The van der Waals surface area contributed by atoms with Gasteiger partial charge in [0, 0.05) is 66.6 Å². The molecule has 0 atom stereocenters. The zero-order valence-electron chi connectivity index (χ0n) is 17.9. The van der Waals surface area contributed by atoms with E-state index >= 15 is 0 Å². The van der Waals surface area contributed by atoms with Gasteiger partial charge in [-0.2, -0.15) is 0 Å². The summed E-state index contributed by atoms with van der Waals surface area (Å²) < 4.78 is 0. The summed E-state index contributed by atoms with van der Waals surface area (Å²) in [6, 6.07) is 13.7. The summed E-state index contributed by atoms with van der Waals surface area (Å²) in [5.41, 5.74) is 3.62. The number of halogens is 2. The molecule has 0 aliphatic carbocycles. The maximum atomic E-state index is 13.5. The number of anilines is 2. The first kappa shape index (κ1) is 21.4. The van der Waals surface area contributed by atoms with Crippen LogP contribution in [0.1, 0.15) is 29.6 Å². The van der Waals surface area contributed by atoms with Gasteiger partial charge in [0.2, 0.25) is 0 Å². The average Bonchev–Trinajstić information content (AvgIpc) is 2.83. The number of hydrogen-bond donors (Lipinski definition) is 0. The van der Waals surface area contributed by atoms with E-state index in [1.807, 2.05) is 41.3 Å². The lowest BCUT2D eigenvalue weighted by atomic mass is 10.0. The van der Waals surface area contributed by atoms with E-state index in [0.717, 1.165) is 79.4 Å². The van der Waals surface area contributed by atoms with Gasteiger partial charge in [0.05, 0.1) is 16.8 Å². The highest BCUT2D eigenvalue weighted by Crippen LogP contribution is 2.34. The molecule has 0 bridgehead atoms. The van der Waals surface area contributed by atoms with Crippen LogP contribution in [-0.2, 0) is 0 Å². The topological polar surface area (TPSA) is 39.7 Å². The molecule has 0 unspecified atom stereocenters. The van der Waals surface area contributed by atoms with E-state index in [2.05, 4.69) is 20.9 Å². The highest BCUT2D eigenvalue weighted by molar-refractivity contribution is 6.31. The summed E-state index contributed by atoms with van der Waals surface area (Å²) in [4.78, 5) is 24.8. The first-order chi connectivity index (χ1) is 15.6. The van der Waals surface area contributed by atoms with Gasteiger partial charge < -0.3 is 14.7 Å². The first-order valence-electron chi connectivity index (χ1n) is 11.2. The predicted molar refractivity (Wildman–Crippen MR) is 132 cm³/mol. The number of amides is 1. The number of piperidine rings is 1. The molecule has 2 saturated heterocycles. The number of rotatable bonds is 3. The molecular weight excluding hydrogens is 443 g/mol. The summed E-state index contributed by atoms with van der Waals surface area (Å²) in [6.07, 6.45) is 5.07. The Labute approximate surface area is 198 Å². The van der Waals surface area contributed by atoms with Crippen LogP contribution in [0.2, 0.25) is 10.0 Å². The third-order valence-corrected chi connectivity index (χ3v) is 6.91. The van der Waals surface area contributed by atoms with Crippen molar-refractivity contribution in [2.24, 2.45) is 0 Å². The number of hydrogen-bond acceptors (Lipinski definition) is 4. The highest BCUT2D eigenvalue weighted by atomic mass is 35.5. The Bertz CT molecular complexity index is 1140. The van der Waals surface area contributed by atoms with Gasteiger partial charge in [-0.1, -0.05) is 29.3 Å². The lowest BCUT2D eigenvalue weighted by molar-refractivity contribution is 0.0724. The minimum Gasteiger partial charge on any atom is -0.368 e. The molecule has 3 aromatic rings. The fraction of sp³-hybridized carbons (Fsp3) is 0.360. The number of carbonyl (C=O) groups excluding carboxylic acids is 1. The van der Waals surface area contributed by atoms with Crippen molar-refractivity contribution in [2.75, 3.05) is 49.1 Å². The van der Waals surface area contributed by atoms with Gasteiger partial charge in [-0.05, 0) is 55.7 Å². The van der Waals surface area contributed by atoms with Crippen molar-refractivity contribution >= 4 is 51.4 Å². The molecule has 2 fully saturated rings. The quantitative estimate of drug-likeness (QED) is 0.508. The average molecular weight is 469 g/mol. The molecule has 166 valence electrons. The Morgan fingerprint density at radius 2 is 1.53 bits per heavy atom. The maximum absolute atomic E-state index is 13.5. The second-order valence-corrected chi connectivity index (χ2v) is 9.36. The van der Waals surface area contributed by atoms with Crippen molar-refractivity contribution in [1.82, 2.24) is 9.88 Å². The lowest BCUT2D eigenvalue weighted by Crippen LogP contribution is -2.47. The van der Waals surface area contributed by atoms with Crippen LogP contribution in [0.4, 0.5) is 11.4 Å². The van der Waals surface area contributed by atoms with Crippen LogP contribution in [0.3, 0.4) is 0 Å². The molecule has 0 radical (unpaired) electrons. The van der Waals surface area contributed by atoms with Crippen LogP contribution in [0.5, 0.6) is 0 Å². The number of pyridine rings is 1. The molecule has 5 rings (SSSR count). The molecule has 1 aromatic heterocycles. The van der Waals surface area contributed by atoms with Crippen LogP contribution >= 0.6 is 23.2 Å². The number of nitrogens with zero attached hydrogens (tertiary/aromatic N) is 4. The summed E-state index contributed by atoms with van der Waals surface area (Å²) >= 11 is 12.6. The molecule has 0 N–H and O–H groups in total. The first-order valence-corrected chi connectivity index (χ1v) is 12.0. The molecule has 32 heavy (non-hydrogen) atoms. The van der Waals surface area contributed by atoms with E-state index in [1.54, 1.807) is 6.20 Å². The summed E-state index contributed by atoms with van der Waals surface area (Å²) in [6.45, 7) is 4.93. The molecule has 0 spiro atoms. The summed E-state index contributed by atoms with van der Waals surface area (Å²) in [5, 5.41) is 2.34. The Balaban J connectivity index is 1.49. The Morgan fingerprint density at radius 1 is 0.812 bits per heavy atom. The standard InChI is InChI=1S/C25H26Cl2N4O/c26-18-5-4-6-20(15-18)29-11-13-30(14-12-29)24-21-16-19(27)7-8-23(21)28-17-22(24)25(32)31-9-2-1-3-10-31/h4-8,15-17H,1-3,9-14H2. The molecule has 5 nitrogen and oxygen atoms in total. The highest BCUT2D eigenvalue weighted by Gasteiger charge is 2.27. The fourth-order valence-corrected chi connectivity index (χ4v) is 5.13. The van der Waals surface area contributed by atoms with E-state index in [-0.39, 0.29) is 5.91 Å². The van der Waals surface area contributed by atoms with Crippen molar-refractivity contribution in [3.05, 3.63) is 64.3 Å². The van der Waals surface area contributed by atoms with Gasteiger partial charge >= 0.3 is 0 Å². The predicted octanol–water partition coefficient (Wildman–Crippen LogP) is 5.49. The zero-order chi connectivity index (χ0) is 22.1. The number of fused-ring (bicyclic) bond motifs is 1. The Kier molecular flexibility index (Phi) is 6.11. The Morgan fingerprint density at radius 3 is 2.28 bits per heavy atom. The molecule has 3 heterocycles. The molecule has 2 aliphatic heterocycles. The van der Waals surface area contributed by atoms with Crippen LogP contribution in [0, 0.1) is 0 Å². The number of likely N-dealkylation sites (tertiary alicyclic amines) is 1. The van der Waals surface area contributed by atoms with Crippen molar-refractivity contribution in [3.63, 3.8) is 0 Å². The normalized spacial score (nSPS) is 17.1. The number of benzene rings is 2. The molecular formula is C25H26Cl2N4O. The van der Waals surface area contributed by atoms with Gasteiger partial charge in [0.25, 0.3) is 5.91 Å². The van der Waals surface area contributed by atoms with Crippen molar-refractivity contribution in [3.8, 4) is 0 Å². The van der Waals surface area contributed by atoms with Gasteiger partial charge in [-0.3, -0.25) is 9.78 Å². The van der Waals surface area contributed by atoms with Crippen LogP contribution in [-0.4, -0.2) is 55.1 Å². The minimum absolute atomic E-state index is 0.0753. The van der Waals surface area contributed by atoms with E-state index in [4.69, 9.17) is 23.2 Å². The van der Waals surface area contributed by atoms with Crippen LogP contribution in [0.25, 0.3) is 10.9 Å².